The van der Waals surface area contributed by atoms with Crippen LogP contribution < -0.4 is 5.32 Å². The van der Waals surface area contributed by atoms with Crippen LogP contribution in [-0.2, 0) is 0 Å². The van der Waals surface area contributed by atoms with E-state index in [0.29, 0.717) is 18.6 Å². The minimum absolute atomic E-state index is 0.162. The molecule has 0 amide bonds. The molecule has 1 fully saturated rings. The third-order valence-corrected chi connectivity index (χ3v) is 2.74. The standard InChI is InChI=1S/C9H20N2O2/c1-7-3-8(5-11(7)2)10-4-9(13)6-12/h7-10,12-13H,3-6H2,1-2H3. The van der Waals surface area contributed by atoms with Crippen molar-refractivity contribution in [3.8, 4) is 0 Å². The van der Waals surface area contributed by atoms with Crippen LogP contribution >= 0.6 is 0 Å². The molecule has 0 saturated carbocycles. The molecule has 1 heterocycles. The first-order valence-corrected chi connectivity index (χ1v) is 4.86. The zero-order valence-corrected chi connectivity index (χ0v) is 8.40. The van der Waals surface area contributed by atoms with Crippen LogP contribution in [0.5, 0.6) is 0 Å². The van der Waals surface area contributed by atoms with Crippen LogP contribution in [0.15, 0.2) is 0 Å². The Morgan fingerprint density at radius 3 is 2.77 bits per heavy atom. The van der Waals surface area contributed by atoms with E-state index in [2.05, 4.69) is 24.2 Å². The van der Waals surface area contributed by atoms with Crippen LogP contribution in [0.4, 0.5) is 0 Å². The van der Waals surface area contributed by atoms with E-state index in [-0.39, 0.29) is 6.61 Å². The molecule has 0 aliphatic carbocycles. The van der Waals surface area contributed by atoms with E-state index in [4.69, 9.17) is 10.2 Å². The minimum Gasteiger partial charge on any atom is -0.394 e. The first-order chi connectivity index (χ1) is 6.13. The van der Waals surface area contributed by atoms with Gasteiger partial charge >= 0.3 is 0 Å². The third kappa shape index (κ3) is 3.23. The largest absolute Gasteiger partial charge is 0.394 e. The van der Waals surface area contributed by atoms with Crippen molar-refractivity contribution >= 4 is 0 Å². The van der Waals surface area contributed by atoms with E-state index in [1.165, 1.54) is 0 Å². The number of rotatable bonds is 4. The molecule has 3 atom stereocenters. The van der Waals surface area contributed by atoms with E-state index < -0.39 is 6.10 Å². The SMILES string of the molecule is CC1CC(NCC(O)CO)CN1C. The van der Waals surface area contributed by atoms with Crippen molar-refractivity contribution in [2.24, 2.45) is 0 Å². The van der Waals surface area contributed by atoms with E-state index in [1.54, 1.807) is 0 Å². The van der Waals surface area contributed by atoms with Gasteiger partial charge in [-0.25, -0.2) is 0 Å². The lowest BCUT2D eigenvalue weighted by molar-refractivity contribution is 0.0921. The Hall–Kier alpha value is -0.160. The van der Waals surface area contributed by atoms with E-state index in [9.17, 15) is 0 Å². The van der Waals surface area contributed by atoms with Crippen molar-refractivity contribution in [2.45, 2.75) is 31.5 Å². The fourth-order valence-corrected chi connectivity index (χ4v) is 1.71. The monoisotopic (exact) mass is 188 g/mol. The number of likely N-dealkylation sites (tertiary alicyclic amines) is 1. The van der Waals surface area contributed by atoms with Gasteiger partial charge in [-0.2, -0.15) is 0 Å². The summed E-state index contributed by atoms with van der Waals surface area (Å²) >= 11 is 0. The molecule has 0 bridgehead atoms. The average Bonchev–Trinajstić information content (AvgIpc) is 2.42. The van der Waals surface area contributed by atoms with Crippen LogP contribution in [0.1, 0.15) is 13.3 Å². The topological polar surface area (TPSA) is 55.7 Å². The van der Waals surface area contributed by atoms with Gasteiger partial charge in [-0.05, 0) is 20.4 Å². The zero-order valence-electron chi connectivity index (χ0n) is 8.40. The van der Waals surface area contributed by atoms with Crippen molar-refractivity contribution in [1.29, 1.82) is 0 Å². The van der Waals surface area contributed by atoms with Crippen molar-refractivity contribution in [3.63, 3.8) is 0 Å². The molecule has 3 N–H and O–H groups in total. The van der Waals surface area contributed by atoms with Crippen LogP contribution in [0.3, 0.4) is 0 Å². The predicted octanol–water partition coefficient (Wildman–Crippen LogP) is -0.978. The Kier molecular flexibility index (Phi) is 4.12. The molecule has 4 heteroatoms. The Bertz CT molecular complexity index is 145. The van der Waals surface area contributed by atoms with Gasteiger partial charge in [0.05, 0.1) is 12.7 Å². The fourth-order valence-electron chi connectivity index (χ4n) is 1.71. The minimum atomic E-state index is -0.624. The van der Waals surface area contributed by atoms with Crippen molar-refractivity contribution < 1.29 is 10.2 Å². The second kappa shape index (κ2) is 4.91. The Morgan fingerprint density at radius 2 is 2.31 bits per heavy atom. The highest BCUT2D eigenvalue weighted by Crippen LogP contribution is 2.14. The molecular formula is C9H20N2O2. The molecular weight excluding hydrogens is 168 g/mol. The maximum atomic E-state index is 9.12. The quantitative estimate of drug-likeness (QED) is 0.531. The molecule has 78 valence electrons. The normalized spacial score (nSPS) is 32.3. The summed E-state index contributed by atoms with van der Waals surface area (Å²) in [6.07, 6.45) is 0.496. The molecule has 1 rings (SSSR count). The number of hydrogen-bond donors (Lipinski definition) is 3. The summed E-state index contributed by atoms with van der Waals surface area (Å²) in [4.78, 5) is 2.29. The van der Waals surface area contributed by atoms with Gasteiger partial charge in [0.1, 0.15) is 0 Å². The molecule has 0 radical (unpaired) electrons. The molecule has 0 spiro atoms. The van der Waals surface area contributed by atoms with Crippen molar-refractivity contribution in [1.82, 2.24) is 10.2 Å². The van der Waals surface area contributed by atoms with Crippen LogP contribution in [-0.4, -0.2) is 60.0 Å². The smallest absolute Gasteiger partial charge is 0.0895 e. The van der Waals surface area contributed by atoms with Gasteiger partial charge in [0.2, 0.25) is 0 Å². The van der Waals surface area contributed by atoms with Crippen molar-refractivity contribution in [2.75, 3.05) is 26.7 Å². The number of aliphatic hydroxyl groups is 2. The number of nitrogens with one attached hydrogen (secondary N) is 1. The van der Waals surface area contributed by atoms with Gasteiger partial charge in [0.15, 0.2) is 0 Å². The van der Waals surface area contributed by atoms with Crippen LogP contribution in [0.25, 0.3) is 0 Å². The molecule has 13 heavy (non-hydrogen) atoms. The highest BCUT2D eigenvalue weighted by Gasteiger charge is 2.25. The summed E-state index contributed by atoms with van der Waals surface area (Å²) in [5.74, 6) is 0. The zero-order chi connectivity index (χ0) is 9.84. The number of hydrogen-bond acceptors (Lipinski definition) is 4. The molecule has 1 aliphatic rings. The van der Waals surface area contributed by atoms with Gasteiger partial charge in [0, 0.05) is 25.2 Å². The first kappa shape index (κ1) is 10.9. The van der Waals surface area contributed by atoms with Gasteiger partial charge < -0.3 is 20.4 Å². The summed E-state index contributed by atoms with van der Waals surface area (Å²) < 4.78 is 0. The lowest BCUT2D eigenvalue weighted by Crippen LogP contribution is -2.38. The number of likely N-dealkylation sites (N-methyl/N-ethyl adjacent to an activating group) is 1. The van der Waals surface area contributed by atoms with E-state index >= 15 is 0 Å². The highest BCUT2D eigenvalue weighted by atomic mass is 16.3. The number of nitrogens with zero attached hydrogens (tertiary/aromatic N) is 1. The lowest BCUT2D eigenvalue weighted by Gasteiger charge is -2.14. The summed E-state index contributed by atoms with van der Waals surface area (Å²) in [6.45, 7) is 3.55. The number of aliphatic hydroxyl groups excluding tert-OH is 2. The highest BCUT2D eigenvalue weighted by molar-refractivity contribution is 4.85. The van der Waals surface area contributed by atoms with Gasteiger partial charge in [-0.15, -0.1) is 0 Å². The van der Waals surface area contributed by atoms with Crippen molar-refractivity contribution in [3.05, 3.63) is 0 Å². The van der Waals surface area contributed by atoms with E-state index in [1.807, 2.05) is 0 Å². The molecule has 0 aromatic carbocycles. The third-order valence-electron chi connectivity index (χ3n) is 2.74. The molecule has 1 aliphatic heterocycles. The Labute approximate surface area is 79.6 Å². The molecule has 0 aromatic heterocycles. The molecule has 4 nitrogen and oxygen atoms in total. The first-order valence-electron chi connectivity index (χ1n) is 4.86. The maximum absolute atomic E-state index is 9.12. The predicted molar refractivity (Wildman–Crippen MR) is 51.6 cm³/mol. The molecule has 0 aromatic rings. The molecule has 3 unspecified atom stereocenters. The van der Waals surface area contributed by atoms with Crippen LogP contribution in [0, 0.1) is 0 Å². The average molecular weight is 188 g/mol. The van der Waals surface area contributed by atoms with Gasteiger partial charge in [-0.1, -0.05) is 0 Å². The van der Waals surface area contributed by atoms with Gasteiger partial charge in [-0.3, -0.25) is 0 Å². The summed E-state index contributed by atoms with van der Waals surface area (Å²) in [7, 11) is 2.11. The summed E-state index contributed by atoms with van der Waals surface area (Å²) in [5.41, 5.74) is 0. The van der Waals surface area contributed by atoms with Crippen LogP contribution in [0.2, 0.25) is 0 Å². The summed E-state index contributed by atoms with van der Waals surface area (Å²) in [6, 6.07) is 1.07. The fraction of sp³-hybridized carbons (Fsp3) is 1.00. The second-order valence-corrected chi connectivity index (χ2v) is 3.97. The van der Waals surface area contributed by atoms with Gasteiger partial charge in [0.25, 0.3) is 0 Å². The van der Waals surface area contributed by atoms with E-state index in [0.717, 1.165) is 13.0 Å². The Morgan fingerprint density at radius 1 is 1.62 bits per heavy atom. The Balaban J connectivity index is 2.17. The summed E-state index contributed by atoms with van der Waals surface area (Å²) in [5, 5.41) is 21.0. The molecule has 1 saturated heterocycles. The lowest BCUT2D eigenvalue weighted by atomic mass is 10.2. The second-order valence-electron chi connectivity index (χ2n) is 3.97. The maximum Gasteiger partial charge on any atom is 0.0895 e.